The number of carbonyl (C=O) groups excluding carboxylic acids is 5. The molecule has 13 nitrogen and oxygen atoms in total. The van der Waals surface area contributed by atoms with Crippen molar-refractivity contribution in [1.29, 1.82) is 0 Å². The molecule has 2 saturated carbocycles. The number of hydrogen-bond acceptors (Lipinski definition) is 12. The average molecular weight is 776 g/mol. The third kappa shape index (κ3) is 7.60. The highest BCUT2D eigenvalue weighted by Gasteiger charge is 2.71. The van der Waals surface area contributed by atoms with Gasteiger partial charge in [-0.1, -0.05) is 68.0 Å². The topological polar surface area (TPSA) is 184 Å². The largest absolute Gasteiger partial charge is 0.456 e. The first-order valence-corrected chi connectivity index (χ1v) is 19.2. The summed E-state index contributed by atoms with van der Waals surface area (Å²) < 4.78 is 30.0. The molecular formula is C43H53NO12. The molecular weight excluding hydrogens is 722 g/mol. The summed E-state index contributed by atoms with van der Waals surface area (Å²) >= 11 is 0. The minimum Gasteiger partial charge on any atom is -0.456 e. The lowest BCUT2D eigenvalue weighted by molar-refractivity contribution is -0.303. The molecule has 9 atom stereocenters. The lowest BCUT2D eigenvalue weighted by Crippen LogP contribution is -2.74. The van der Waals surface area contributed by atoms with Crippen molar-refractivity contribution in [2.45, 2.75) is 128 Å². The van der Waals surface area contributed by atoms with Crippen LogP contribution in [0.25, 0.3) is 0 Å². The number of aliphatic hydroxyl groups excluding tert-OH is 1. The van der Waals surface area contributed by atoms with E-state index in [1.165, 1.54) is 6.92 Å². The molecule has 6 rings (SSSR count). The van der Waals surface area contributed by atoms with E-state index in [0.29, 0.717) is 36.0 Å². The Labute approximate surface area is 327 Å². The van der Waals surface area contributed by atoms with Gasteiger partial charge in [-0.15, -0.1) is 0 Å². The third-order valence-corrected chi connectivity index (χ3v) is 12.1. The van der Waals surface area contributed by atoms with Crippen molar-refractivity contribution >= 4 is 29.8 Å². The van der Waals surface area contributed by atoms with E-state index in [1.807, 2.05) is 0 Å². The van der Waals surface area contributed by atoms with Crippen LogP contribution in [0, 0.1) is 17.3 Å². The monoisotopic (exact) mass is 775 g/mol. The number of aliphatic hydroxyl groups is 2. The Kier molecular flexibility index (Phi) is 11.3. The molecule has 2 aromatic rings. The van der Waals surface area contributed by atoms with Gasteiger partial charge in [0, 0.05) is 31.1 Å². The minimum atomic E-state index is -2.03. The van der Waals surface area contributed by atoms with Crippen molar-refractivity contribution in [3.63, 3.8) is 0 Å². The van der Waals surface area contributed by atoms with Gasteiger partial charge in [-0.3, -0.25) is 9.59 Å². The molecule has 3 N–H and O–H groups in total. The van der Waals surface area contributed by atoms with Gasteiger partial charge in [-0.05, 0) is 70.2 Å². The van der Waals surface area contributed by atoms with Crippen LogP contribution in [0.1, 0.15) is 103 Å². The summed E-state index contributed by atoms with van der Waals surface area (Å²) in [6, 6.07) is 15.3. The molecule has 2 bridgehead atoms. The smallest absolute Gasteiger partial charge is 0.408 e. The van der Waals surface area contributed by atoms with Crippen molar-refractivity contribution < 1.29 is 57.9 Å². The van der Waals surface area contributed by atoms with E-state index < -0.39 is 88.5 Å². The van der Waals surface area contributed by atoms with Crippen molar-refractivity contribution in [3.05, 3.63) is 82.9 Å². The van der Waals surface area contributed by atoms with Gasteiger partial charge in [0.1, 0.15) is 35.3 Å². The summed E-state index contributed by atoms with van der Waals surface area (Å²) in [5.74, 6) is -4.49. The summed E-state index contributed by atoms with van der Waals surface area (Å²) in [4.78, 5) is 68.5. The molecule has 0 unspecified atom stereocenters. The Bertz CT molecular complexity index is 1870. The number of carbonyl (C=O) groups is 5. The maximum absolute atomic E-state index is 14.6. The predicted molar refractivity (Wildman–Crippen MR) is 201 cm³/mol. The van der Waals surface area contributed by atoms with Gasteiger partial charge in [0.05, 0.1) is 24.1 Å². The highest BCUT2D eigenvalue weighted by molar-refractivity contribution is 5.90. The SMILES string of the molecule is CC(=O)O[C@@]12CO[C@@H]1CCC[C@@H]1C(=O)CC3=C(C)[C@@H](OC(=O)[C@H](O)[C@@H](NC(=O)OC(C)(C)C)c4ccccc4)C[C@@](O)([C@@H](OC(=O)c4ccccc4)[C@@H]12)C3(C)C. The molecule has 0 aromatic heterocycles. The molecule has 56 heavy (non-hydrogen) atoms. The second-order valence-electron chi connectivity index (χ2n) is 17.1. The molecule has 1 aliphatic heterocycles. The number of Topliss-reactive ketones (excluding diaryl/α,β-unsaturated/α-hetero) is 1. The first kappa shape index (κ1) is 41.1. The normalized spacial score (nSPS) is 30.7. The summed E-state index contributed by atoms with van der Waals surface area (Å²) in [6.45, 7) is 11.5. The molecule has 3 fully saturated rings. The lowest BCUT2D eigenvalue weighted by Gasteiger charge is -2.61. The van der Waals surface area contributed by atoms with Crippen molar-refractivity contribution in [2.75, 3.05) is 6.61 Å². The lowest BCUT2D eigenvalue weighted by atomic mass is 9.51. The van der Waals surface area contributed by atoms with Crippen LogP contribution in [-0.4, -0.2) is 87.8 Å². The van der Waals surface area contributed by atoms with Gasteiger partial charge in [0.15, 0.2) is 11.7 Å². The Morgan fingerprint density at radius 2 is 1.61 bits per heavy atom. The van der Waals surface area contributed by atoms with Gasteiger partial charge in [-0.25, -0.2) is 14.4 Å². The fraction of sp³-hybridized carbons (Fsp3) is 0.558. The predicted octanol–water partition coefficient (Wildman–Crippen LogP) is 5.32. The Morgan fingerprint density at radius 3 is 2.20 bits per heavy atom. The van der Waals surface area contributed by atoms with E-state index in [1.54, 1.807) is 102 Å². The molecule has 3 aliphatic carbocycles. The zero-order chi connectivity index (χ0) is 40.8. The zero-order valence-electron chi connectivity index (χ0n) is 33.0. The highest BCUT2D eigenvalue weighted by atomic mass is 16.6. The van der Waals surface area contributed by atoms with Gasteiger partial charge >= 0.3 is 24.0 Å². The Hall–Kier alpha value is -4.59. The number of benzene rings is 2. The standard InChI is InChI=1S/C43H53NO12/c1-24-29-21-30(46)28-19-14-20-32-42(23-52-32,55-25(2)45)33(28)36(54-37(48)27-17-12-9-13-18-27)43(51,41(29,6)7)22-31(24)53-38(49)35(47)34(26-15-10-8-11-16-26)44-39(50)56-40(3,4)5/h8-13,15-18,28,31-36,47,51H,14,19-23H2,1-7H3,(H,44,50)/t28-,31+,32-,33-,34+,35-,36+,42+,43-/m1/s1. The molecule has 1 amide bonds. The van der Waals surface area contributed by atoms with Gasteiger partial charge in [-0.2, -0.15) is 0 Å². The second kappa shape index (κ2) is 15.4. The van der Waals surface area contributed by atoms with Gasteiger partial charge in [0.25, 0.3) is 0 Å². The molecule has 1 heterocycles. The molecule has 13 heteroatoms. The molecule has 0 spiro atoms. The first-order chi connectivity index (χ1) is 26.3. The molecule has 0 radical (unpaired) electrons. The fourth-order valence-corrected chi connectivity index (χ4v) is 9.22. The molecule has 1 saturated heterocycles. The maximum atomic E-state index is 14.6. The van der Waals surface area contributed by atoms with Crippen LogP contribution in [0.5, 0.6) is 0 Å². The van der Waals surface area contributed by atoms with Gasteiger partial charge in [0.2, 0.25) is 0 Å². The second-order valence-corrected chi connectivity index (χ2v) is 17.1. The Morgan fingerprint density at radius 1 is 0.964 bits per heavy atom. The van der Waals surface area contributed by atoms with Crippen LogP contribution < -0.4 is 5.32 Å². The van der Waals surface area contributed by atoms with E-state index in [2.05, 4.69) is 5.32 Å². The van der Waals surface area contributed by atoms with Crippen LogP contribution in [-0.2, 0) is 38.1 Å². The summed E-state index contributed by atoms with van der Waals surface area (Å²) in [5, 5.41) is 27.6. The number of ether oxygens (including phenoxy) is 5. The van der Waals surface area contributed by atoms with E-state index in [0.717, 1.165) is 0 Å². The third-order valence-electron chi connectivity index (χ3n) is 12.1. The number of nitrogens with one attached hydrogen (secondary N) is 1. The Balaban J connectivity index is 1.43. The summed E-state index contributed by atoms with van der Waals surface area (Å²) in [6.07, 6.45) is -5.10. The molecule has 4 aliphatic rings. The van der Waals surface area contributed by atoms with Crippen molar-refractivity contribution in [1.82, 2.24) is 5.32 Å². The first-order valence-electron chi connectivity index (χ1n) is 19.2. The highest BCUT2D eigenvalue weighted by Crippen LogP contribution is 2.60. The van der Waals surface area contributed by atoms with Crippen LogP contribution >= 0.6 is 0 Å². The summed E-state index contributed by atoms with van der Waals surface area (Å²) in [5.41, 5.74) is -3.94. The summed E-state index contributed by atoms with van der Waals surface area (Å²) in [7, 11) is 0. The number of ketones is 1. The number of amides is 1. The van der Waals surface area contributed by atoms with Crippen molar-refractivity contribution in [3.8, 4) is 0 Å². The minimum absolute atomic E-state index is 0.0700. The maximum Gasteiger partial charge on any atom is 0.408 e. The van der Waals surface area contributed by atoms with Gasteiger partial charge < -0.3 is 39.2 Å². The van der Waals surface area contributed by atoms with Crippen LogP contribution in [0.2, 0.25) is 0 Å². The molecule has 2 aromatic carbocycles. The van der Waals surface area contributed by atoms with E-state index in [4.69, 9.17) is 23.7 Å². The van der Waals surface area contributed by atoms with E-state index in [-0.39, 0.29) is 30.8 Å². The quantitative estimate of drug-likeness (QED) is 0.179. The van der Waals surface area contributed by atoms with E-state index in [9.17, 15) is 34.2 Å². The number of fused-ring (bicyclic) bond motifs is 5. The molecule has 302 valence electrons. The van der Waals surface area contributed by atoms with Crippen LogP contribution in [0.4, 0.5) is 4.79 Å². The average Bonchev–Trinajstić information content (AvgIpc) is 3.22. The number of esters is 3. The number of hydrogen-bond donors (Lipinski definition) is 3. The fourth-order valence-electron chi connectivity index (χ4n) is 9.22. The van der Waals surface area contributed by atoms with Crippen LogP contribution in [0.15, 0.2) is 71.8 Å². The number of alkyl carbamates (subject to hydrolysis) is 1. The zero-order valence-corrected chi connectivity index (χ0v) is 33.0. The van der Waals surface area contributed by atoms with Crippen LogP contribution in [0.3, 0.4) is 0 Å². The number of rotatable bonds is 8. The van der Waals surface area contributed by atoms with Crippen molar-refractivity contribution in [2.24, 2.45) is 17.3 Å². The van der Waals surface area contributed by atoms with E-state index >= 15 is 0 Å².